The molecule has 2 heterocycles. The summed E-state index contributed by atoms with van der Waals surface area (Å²) in [4.78, 5) is 42.5. The van der Waals surface area contributed by atoms with Crippen molar-refractivity contribution in [2.24, 2.45) is 0 Å². The third-order valence-corrected chi connectivity index (χ3v) is 5.91. The van der Waals surface area contributed by atoms with E-state index in [-0.39, 0.29) is 44.4 Å². The first-order valence-corrected chi connectivity index (χ1v) is 10.0. The predicted octanol–water partition coefficient (Wildman–Crippen LogP) is 3.01. The lowest BCUT2D eigenvalue weighted by Crippen LogP contribution is -2.68. The molecule has 156 valence electrons. The summed E-state index contributed by atoms with van der Waals surface area (Å²) in [7, 11) is 1.52. The molecule has 1 unspecified atom stereocenters. The van der Waals surface area contributed by atoms with Crippen LogP contribution in [0.1, 0.15) is 28.8 Å². The van der Waals surface area contributed by atoms with Crippen LogP contribution in [0.3, 0.4) is 0 Å². The molecule has 2 aliphatic heterocycles. The number of nitrogens with zero attached hydrogens (tertiary/aromatic N) is 2. The number of fused-ring (bicyclic) bond motifs is 3. The second-order valence-electron chi connectivity index (χ2n) is 7.18. The molecule has 8 heteroatoms. The number of benzene rings is 2. The van der Waals surface area contributed by atoms with Gasteiger partial charge in [-0.1, -0.05) is 41.9 Å². The summed E-state index contributed by atoms with van der Waals surface area (Å²) in [5.41, 5.74) is -0.0972. The lowest BCUT2D eigenvalue weighted by atomic mass is 9.96. The van der Waals surface area contributed by atoms with Crippen LogP contribution in [-0.2, 0) is 25.7 Å². The van der Waals surface area contributed by atoms with Gasteiger partial charge in [-0.3, -0.25) is 14.5 Å². The Morgan fingerprint density at radius 1 is 1.13 bits per heavy atom. The van der Waals surface area contributed by atoms with Gasteiger partial charge in [0.1, 0.15) is 6.61 Å². The summed E-state index contributed by atoms with van der Waals surface area (Å²) >= 11 is 6.18. The fourth-order valence-electron chi connectivity index (χ4n) is 4.11. The van der Waals surface area contributed by atoms with Crippen LogP contribution in [-0.4, -0.2) is 48.6 Å². The molecule has 1 atom stereocenters. The van der Waals surface area contributed by atoms with E-state index in [2.05, 4.69) is 0 Å². The lowest BCUT2D eigenvalue weighted by molar-refractivity contribution is -0.159. The van der Waals surface area contributed by atoms with Crippen LogP contribution >= 0.6 is 11.6 Å². The standard InChI is InChI=1S/C22H21ClN2O5/c1-29-13-12-24-20(27)16-7-3-5-9-18(16)25-19(26)10-11-22(24,25)21(28)30-14-15-6-2-4-8-17(15)23/h2-9H,10-14H2,1H3. The van der Waals surface area contributed by atoms with Crippen molar-refractivity contribution in [3.8, 4) is 0 Å². The van der Waals surface area contributed by atoms with E-state index >= 15 is 0 Å². The number of para-hydroxylation sites is 1. The van der Waals surface area contributed by atoms with Crippen LogP contribution in [0.25, 0.3) is 0 Å². The van der Waals surface area contributed by atoms with Gasteiger partial charge in [0, 0.05) is 37.1 Å². The Bertz CT molecular complexity index is 1010. The van der Waals surface area contributed by atoms with Crippen LogP contribution in [0.5, 0.6) is 0 Å². The van der Waals surface area contributed by atoms with Gasteiger partial charge in [-0.2, -0.15) is 0 Å². The lowest BCUT2D eigenvalue weighted by Gasteiger charge is -2.48. The number of hydrogen-bond acceptors (Lipinski definition) is 5. The van der Waals surface area contributed by atoms with E-state index in [1.165, 1.54) is 16.9 Å². The molecule has 0 saturated carbocycles. The van der Waals surface area contributed by atoms with Crippen LogP contribution < -0.4 is 4.90 Å². The van der Waals surface area contributed by atoms with E-state index in [1.807, 2.05) is 0 Å². The summed E-state index contributed by atoms with van der Waals surface area (Å²) in [6.45, 7) is 0.306. The Morgan fingerprint density at radius 2 is 1.87 bits per heavy atom. The van der Waals surface area contributed by atoms with E-state index in [9.17, 15) is 14.4 Å². The van der Waals surface area contributed by atoms with Gasteiger partial charge in [-0.15, -0.1) is 0 Å². The SMILES string of the molecule is COCCN1C(=O)c2ccccc2N2C(=O)CCC12C(=O)OCc1ccccc1Cl. The smallest absolute Gasteiger partial charge is 0.354 e. The third kappa shape index (κ3) is 3.14. The van der Waals surface area contributed by atoms with Crippen molar-refractivity contribution in [2.75, 3.05) is 25.2 Å². The molecule has 7 nitrogen and oxygen atoms in total. The molecule has 0 radical (unpaired) electrons. The van der Waals surface area contributed by atoms with Crippen molar-refractivity contribution >= 4 is 35.1 Å². The fraction of sp³-hybridized carbons (Fsp3) is 0.318. The molecular weight excluding hydrogens is 408 g/mol. The van der Waals surface area contributed by atoms with Gasteiger partial charge >= 0.3 is 5.97 Å². The van der Waals surface area contributed by atoms with Gasteiger partial charge in [0.2, 0.25) is 11.6 Å². The van der Waals surface area contributed by atoms with E-state index in [4.69, 9.17) is 21.1 Å². The number of hydrogen-bond donors (Lipinski definition) is 0. The highest BCUT2D eigenvalue weighted by molar-refractivity contribution is 6.31. The Labute approximate surface area is 179 Å². The van der Waals surface area contributed by atoms with Gasteiger partial charge in [-0.25, -0.2) is 4.79 Å². The molecule has 1 fully saturated rings. The molecule has 4 rings (SSSR count). The maximum absolute atomic E-state index is 13.5. The highest BCUT2D eigenvalue weighted by Gasteiger charge is 2.61. The first-order valence-electron chi connectivity index (χ1n) is 9.64. The molecule has 0 aliphatic carbocycles. The highest BCUT2D eigenvalue weighted by atomic mass is 35.5. The monoisotopic (exact) mass is 428 g/mol. The van der Waals surface area contributed by atoms with Crippen molar-refractivity contribution in [1.82, 2.24) is 4.90 Å². The van der Waals surface area contributed by atoms with Crippen molar-refractivity contribution in [3.63, 3.8) is 0 Å². The van der Waals surface area contributed by atoms with Gasteiger partial charge in [0.05, 0.1) is 17.9 Å². The fourth-order valence-corrected chi connectivity index (χ4v) is 4.30. The highest BCUT2D eigenvalue weighted by Crippen LogP contribution is 2.45. The van der Waals surface area contributed by atoms with Crippen molar-refractivity contribution in [2.45, 2.75) is 25.1 Å². The Hall–Kier alpha value is -2.90. The summed E-state index contributed by atoms with van der Waals surface area (Å²) in [5.74, 6) is -1.22. The number of methoxy groups -OCH3 is 1. The van der Waals surface area contributed by atoms with Crippen LogP contribution in [0.2, 0.25) is 5.02 Å². The molecule has 30 heavy (non-hydrogen) atoms. The summed E-state index contributed by atoms with van der Waals surface area (Å²) in [5, 5.41) is 0.475. The molecule has 0 aromatic heterocycles. The van der Waals surface area contributed by atoms with Gasteiger partial charge < -0.3 is 14.4 Å². The van der Waals surface area contributed by atoms with E-state index in [0.29, 0.717) is 21.8 Å². The zero-order valence-electron chi connectivity index (χ0n) is 16.5. The van der Waals surface area contributed by atoms with Crippen LogP contribution in [0, 0.1) is 0 Å². The average molecular weight is 429 g/mol. The Kier molecular flexibility index (Phi) is 5.49. The molecule has 2 amide bonds. The number of anilines is 1. The van der Waals surface area contributed by atoms with E-state index < -0.39 is 11.6 Å². The third-order valence-electron chi connectivity index (χ3n) is 5.54. The zero-order valence-corrected chi connectivity index (χ0v) is 17.2. The van der Waals surface area contributed by atoms with Crippen LogP contribution in [0.4, 0.5) is 5.69 Å². The first-order chi connectivity index (χ1) is 14.5. The van der Waals surface area contributed by atoms with Gasteiger partial charge in [0.15, 0.2) is 0 Å². The Balaban J connectivity index is 1.74. The minimum absolute atomic E-state index is 0.0593. The summed E-state index contributed by atoms with van der Waals surface area (Å²) in [6, 6.07) is 13.9. The minimum atomic E-state index is -1.54. The molecule has 2 aromatic rings. The topological polar surface area (TPSA) is 76.2 Å². The molecule has 0 spiro atoms. The first kappa shape index (κ1) is 20.4. The minimum Gasteiger partial charge on any atom is -0.458 e. The second kappa shape index (κ2) is 8.08. The Morgan fingerprint density at radius 3 is 2.63 bits per heavy atom. The average Bonchev–Trinajstić information content (AvgIpc) is 3.11. The predicted molar refractivity (Wildman–Crippen MR) is 110 cm³/mol. The molecule has 0 N–H and O–H groups in total. The number of carbonyl (C=O) groups excluding carboxylic acids is 3. The number of esters is 1. The molecule has 2 aliphatic rings. The molecule has 2 aromatic carbocycles. The summed E-state index contributed by atoms with van der Waals surface area (Å²) in [6.07, 6.45) is 0.281. The quantitative estimate of drug-likeness (QED) is 0.661. The normalized spacial score (nSPS) is 20.2. The molecular formula is C22H21ClN2O5. The number of ether oxygens (including phenoxy) is 2. The largest absolute Gasteiger partial charge is 0.458 e. The molecule has 1 saturated heterocycles. The van der Waals surface area contributed by atoms with Crippen LogP contribution in [0.15, 0.2) is 48.5 Å². The van der Waals surface area contributed by atoms with E-state index in [0.717, 1.165) is 0 Å². The second-order valence-corrected chi connectivity index (χ2v) is 7.59. The van der Waals surface area contributed by atoms with Crippen molar-refractivity contribution in [1.29, 1.82) is 0 Å². The maximum atomic E-state index is 13.5. The van der Waals surface area contributed by atoms with Gasteiger partial charge in [-0.05, 0) is 18.2 Å². The summed E-state index contributed by atoms with van der Waals surface area (Å²) < 4.78 is 10.8. The maximum Gasteiger partial charge on any atom is 0.354 e. The van der Waals surface area contributed by atoms with E-state index in [1.54, 1.807) is 48.5 Å². The number of amides is 2. The number of halogens is 1. The van der Waals surface area contributed by atoms with Crippen molar-refractivity contribution in [3.05, 3.63) is 64.7 Å². The molecule has 0 bridgehead atoms. The van der Waals surface area contributed by atoms with Gasteiger partial charge in [0.25, 0.3) is 5.91 Å². The number of rotatable bonds is 6. The van der Waals surface area contributed by atoms with Crippen molar-refractivity contribution < 1.29 is 23.9 Å². The zero-order chi connectivity index (χ0) is 21.3. The number of carbonyl (C=O) groups is 3.